The molecule has 36 heavy (non-hydrogen) atoms. The second-order valence-electron chi connectivity index (χ2n) is 7.76. The Balaban J connectivity index is 1.54. The minimum Gasteiger partial charge on any atom is -0.505 e. The van der Waals surface area contributed by atoms with Gasteiger partial charge in [-0.1, -0.05) is 17.7 Å². The molecule has 1 heterocycles. The van der Waals surface area contributed by atoms with Gasteiger partial charge in [0.15, 0.2) is 11.4 Å². The number of hydrogen-bond donors (Lipinski definition) is 4. The Bertz CT molecular complexity index is 1510. The fourth-order valence-corrected chi connectivity index (χ4v) is 4.11. The molecule has 0 unspecified atom stereocenters. The number of nitrogens with one attached hydrogen (secondary N) is 1. The van der Waals surface area contributed by atoms with Gasteiger partial charge in [0.05, 0.1) is 11.4 Å². The monoisotopic (exact) mass is 507 g/mol. The molecule has 1 aromatic heterocycles. The topological polar surface area (TPSA) is 146 Å². The molecular formula is C25H21N3O7S. The molecule has 3 N–H and O–H groups in total. The lowest BCUT2D eigenvalue weighted by molar-refractivity contribution is -0.135. The van der Waals surface area contributed by atoms with E-state index in [4.69, 9.17) is 9.84 Å². The number of aromatic nitrogens is 1. The molecule has 1 amide bonds. The summed E-state index contributed by atoms with van der Waals surface area (Å²) in [5.74, 6) is -1.54. The Kier molecular flexibility index (Phi) is 7.02. The number of benzene rings is 3. The zero-order valence-electron chi connectivity index (χ0n) is 18.9. The summed E-state index contributed by atoms with van der Waals surface area (Å²) < 4.78 is 30.9. The van der Waals surface area contributed by atoms with E-state index in [2.05, 4.69) is 10.3 Å². The number of carboxylic acid groups (broad SMARTS) is 1. The van der Waals surface area contributed by atoms with Crippen LogP contribution in [0.25, 0.3) is 10.8 Å². The van der Waals surface area contributed by atoms with Crippen LogP contribution in [0.3, 0.4) is 0 Å². The predicted molar refractivity (Wildman–Crippen MR) is 134 cm³/mol. The molecule has 0 aliphatic rings. The highest BCUT2D eigenvalue weighted by atomic mass is 32.2. The Morgan fingerprint density at radius 3 is 2.19 bits per heavy atom. The number of anilines is 2. The van der Waals surface area contributed by atoms with Crippen molar-refractivity contribution in [2.24, 2.45) is 0 Å². The Labute approximate surface area is 207 Å². The van der Waals surface area contributed by atoms with Gasteiger partial charge >= 0.3 is 5.97 Å². The van der Waals surface area contributed by atoms with Crippen LogP contribution in [0.15, 0.2) is 72.9 Å². The molecule has 0 fully saturated rings. The van der Waals surface area contributed by atoms with Gasteiger partial charge in [-0.05, 0) is 61.5 Å². The maximum Gasteiger partial charge on any atom is 0.322 e. The number of carbonyl (C=O) groups is 2. The SMILES string of the molecule is Cc1ccc(N(c2ccc(Oc3ccc4c(O)c(C(=O)NCC(=O)O)ncc4c3)cc2)[SH](=O)=O)cc1. The summed E-state index contributed by atoms with van der Waals surface area (Å²) in [6.45, 7) is 1.32. The second kappa shape index (κ2) is 10.3. The van der Waals surface area contributed by atoms with Crippen molar-refractivity contribution in [3.05, 3.63) is 84.2 Å². The van der Waals surface area contributed by atoms with E-state index < -0.39 is 29.3 Å². The maximum atomic E-state index is 12.1. The average molecular weight is 508 g/mol. The van der Waals surface area contributed by atoms with Gasteiger partial charge in [-0.3, -0.25) is 9.59 Å². The summed E-state index contributed by atoms with van der Waals surface area (Å²) in [6.07, 6.45) is 1.37. The van der Waals surface area contributed by atoms with Gasteiger partial charge in [0.25, 0.3) is 5.91 Å². The molecule has 0 spiro atoms. The second-order valence-corrected chi connectivity index (χ2v) is 8.64. The number of thiol groups is 1. The van der Waals surface area contributed by atoms with Crippen LogP contribution in [0.4, 0.5) is 11.4 Å². The van der Waals surface area contributed by atoms with Crippen molar-refractivity contribution in [1.82, 2.24) is 10.3 Å². The summed E-state index contributed by atoms with van der Waals surface area (Å²) >= 11 is 0. The summed E-state index contributed by atoms with van der Waals surface area (Å²) in [7, 11) is -2.92. The number of ether oxygens (including phenoxy) is 1. The van der Waals surface area contributed by atoms with Crippen molar-refractivity contribution in [2.45, 2.75) is 6.92 Å². The first-order chi connectivity index (χ1) is 17.2. The molecule has 10 nitrogen and oxygen atoms in total. The molecule has 0 aliphatic heterocycles. The molecule has 11 heteroatoms. The lowest BCUT2D eigenvalue weighted by Gasteiger charge is -2.18. The number of nitrogens with zero attached hydrogens (tertiary/aromatic N) is 2. The largest absolute Gasteiger partial charge is 0.505 e. The smallest absolute Gasteiger partial charge is 0.322 e. The normalized spacial score (nSPS) is 10.8. The number of carbonyl (C=O) groups excluding carboxylic acids is 1. The minimum atomic E-state index is -2.92. The molecular weight excluding hydrogens is 486 g/mol. The number of amides is 1. The van der Waals surface area contributed by atoms with Crippen LogP contribution in [0, 0.1) is 6.92 Å². The highest BCUT2D eigenvalue weighted by Crippen LogP contribution is 2.33. The van der Waals surface area contributed by atoms with E-state index in [1.54, 1.807) is 54.6 Å². The molecule has 0 atom stereocenters. The third kappa shape index (κ3) is 5.36. The number of fused-ring (bicyclic) bond motifs is 1. The van der Waals surface area contributed by atoms with Crippen LogP contribution in [0.1, 0.15) is 16.1 Å². The van der Waals surface area contributed by atoms with Gasteiger partial charge in [0.1, 0.15) is 18.0 Å². The van der Waals surface area contributed by atoms with Crippen molar-refractivity contribution in [1.29, 1.82) is 0 Å². The maximum absolute atomic E-state index is 12.1. The predicted octanol–water partition coefficient (Wildman–Crippen LogP) is 3.52. The van der Waals surface area contributed by atoms with Gasteiger partial charge in [-0.25, -0.2) is 17.7 Å². The highest BCUT2D eigenvalue weighted by molar-refractivity contribution is 7.74. The number of hydrogen-bond acceptors (Lipinski definition) is 7. The van der Waals surface area contributed by atoms with E-state index in [0.717, 1.165) is 5.56 Å². The third-order valence-corrected chi connectivity index (χ3v) is 6.00. The Hall–Kier alpha value is -4.64. The molecule has 4 aromatic rings. The number of aromatic hydroxyl groups is 1. The van der Waals surface area contributed by atoms with Gasteiger partial charge in [0, 0.05) is 17.0 Å². The first kappa shape index (κ1) is 24.5. The summed E-state index contributed by atoms with van der Waals surface area (Å²) in [5, 5.41) is 22.1. The van der Waals surface area contributed by atoms with E-state index in [1.807, 2.05) is 19.1 Å². The lowest BCUT2D eigenvalue weighted by Crippen LogP contribution is -2.29. The summed E-state index contributed by atoms with van der Waals surface area (Å²) in [6, 6.07) is 18.4. The van der Waals surface area contributed by atoms with E-state index in [9.17, 15) is 23.1 Å². The van der Waals surface area contributed by atoms with Gasteiger partial charge in [-0.15, -0.1) is 0 Å². The number of aliphatic carboxylic acids is 1. The highest BCUT2D eigenvalue weighted by Gasteiger charge is 2.17. The van der Waals surface area contributed by atoms with Crippen molar-refractivity contribution >= 4 is 44.9 Å². The molecule has 3 aromatic carbocycles. The number of rotatable bonds is 8. The first-order valence-corrected chi connectivity index (χ1v) is 11.8. The molecule has 0 radical (unpaired) electrons. The van der Waals surface area contributed by atoms with Crippen LogP contribution in [-0.2, 0) is 15.7 Å². The molecule has 0 saturated carbocycles. The van der Waals surface area contributed by atoms with Gasteiger partial charge in [-0.2, -0.15) is 0 Å². The van der Waals surface area contributed by atoms with E-state index >= 15 is 0 Å². The molecule has 184 valence electrons. The van der Waals surface area contributed by atoms with Crippen molar-refractivity contribution in [3.63, 3.8) is 0 Å². The minimum absolute atomic E-state index is 0.289. The lowest BCUT2D eigenvalue weighted by atomic mass is 10.1. The standard InChI is InChI=1S/C25H21N3O7S/c1-15-2-4-17(5-3-15)28(36(33)34)18-6-8-19(9-7-18)35-20-10-11-21-16(12-20)13-26-23(24(21)31)25(32)27-14-22(29)30/h2-13,31,36H,14H2,1H3,(H,27,32)(H,29,30). The quantitative estimate of drug-likeness (QED) is 0.265. The molecule has 0 saturated heterocycles. The van der Waals surface area contributed by atoms with Crippen molar-refractivity contribution in [2.75, 3.05) is 10.8 Å². The summed E-state index contributed by atoms with van der Waals surface area (Å²) in [5.41, 5.74) is 1.69. The van der Waals surface area contributed by atoms with Gasteiger partial charge in [0.2, 0.25) is 10.9 Å². The first-order valence-electron chi connectivity index (χ1n) is 10.6. The van der Waals surface area contributed by atoms with Gasteiger partial charge < -0.3 is 20.3 Å². The zero-order valence-corrected chi connectivity index (χ0v) is 19.8. The van der Waals surface area contributed by atoms with E-state index in [1.165, 1.54) is 10.5 Å². The fourth-order valence-electron chi connectivity index (χ4n) is 3.47. The molecule has 4 rings (SSSR count). The Morgan fingerprint density at radius 1 is 0.972 bits per heavy atom. The van der Waals surface area contributed by atoms with E-state index in [0.29, 0.717) is 33.6 Å². The van der Waals surface area contributed by atoms with Crippen LogP contribution >= 0.6 is 0 Å². The number of aryl methyl sites for hydroxylation is 1. The van der Waals surface area contributed by atoms with Crippen molar-refractivity contribution < 1.29 is 33.0 Å². The molecule has 0 aliphatic carbocycles. The fraction of sp³-hybridized carbons (Fsp3) is 0.0800. The van der Waals surface area contributed by atoms with Crippen LogP contribution in [0.5, 0.6) is 17.2 Å². The third-order valence-electron chi connectivity index (χ3n) is 5.21. The van der Waals surface area contributed by atoms with Crippen LogP contribution in [-0.4, -0.2) is 42.0 Å². The average Bonchev–Trinajstić information content (AvgIpc) is 2.85. The molecule has 0 bridgehead atoms. The number of carboxylic acids is 1. The van der Waals surface area contributed by atoms with Crippen LogP contribution < -0.4 is 14.4 Å². The summed E-state index contributed by atoms with van der Waals surface area (Å²) in [4.78, 5) is 26.7. The Morgan fingerprint density at radius 2 is 1.58 bits per heavy atom. The van der Waals surface area contributed by atoms with Crippen LogP contribution in [0.2, 0.25) is 0 Å². The number of pyridine rings is 1. The zero-order chi connectivity index (χ0) is 25.8. The van der Waals surface area contributed by atoms with E-state index in [-0.39, 0.29) is 11.4 Å². The van der Waals surface area contributed by atoms with Crippen molar-refractivity contribution in [3.8, 4) is 17.2 Å².